The number of hydrogen-bond donors (Lipinski definition) is 0. The molecule has 3 rings (SSSR count). The highest BCUT2D eigenvalue weighted by Crippen LogP contribution is 2.54. The van der Waals surface area contributed by atoms with Gasteiger partial charge in [0.1, 0.15) is 0 Å². The Labute approximate surface area is 127 Å². The number of hydrogen-bond acceptors (Lipinski definition) is 0. The first-order valence-corrected chi connectivity index (χ1v) is 12.3. The van der Waals surface area contributed by atoms with Crippen LogP contribution in [0, 0.1) is 5.41 Å². The first kappa shape index (κ1) is 14.9. The van der Waals surface area contributed by atoms with Gasteiger partial charge in [0.2, 0.25) is 0 Å². The van der Waals surface area contributed by atoms with E-state index in [0.29, 0.717) is 5.41 Å². The van der Waals surface area contributed by atoms with Crippen LogP contribution in [-0.2, 0) is 0 Å². The predicted octanol–water partition coefficient (Wildman–Crippen LogP) is 6.12. The van der Waals surface area contributed by atoms with E-state index in [0.717, 1.165) is 18.3 Å². The molecule has 0 saturated carbocycles. The molecule has 0 N–H and O–H groups in total. The third-order valence-corrected chi connectivity index (χ3v) is 10.4. The molecular weight excluding hydrogens is 255 g/mol. The Hall–Kier alpha value is 0.0218. The van der Waals surface area contributed by atoms with Crippen molar-refractivity contribution in [3.8, 4) is 0 Å². The van der Waals surface area contributed by atoms with Crippen LogP contribution in [0.4, 0.5) is 0 Å². The Bertz CT molecular complexity index is 394. The maximum absolute atomic E-state index is 2.64. The largest absolute Gasteiger partial charge is 0.176 e. The second kappa shape index (κ2) is 5.04. The lowest BCUT2D eigenvalue weighted by Crippen LogP contribution is -2.39. The lowest BCUT2D eigenvalue weighted by molar-refractivity contribution is 0.444. The summed E-state index contributed by atoms with van der Waals surface area (Å²) >= 11 is 0. The van der Waals surface area contributed by atoms with Crippen LogP contribution in [0.2, 0.25) is 30.8 Å². The van der Waals surface area contributed by atoms with E-state index in [-0.39, 0.29) is 0 Å². The van der Waals surface area contributed by atoms with E-state index in [1.807, 2.05) is 10.7 Å². The third-order valence-electron chi connectivity index (χ3n) is 6.48. The fourth-order valence-electron chi connectivity index (χ4n) is 6.21. The van der Waals surface area contributed by atoms with Crippen molar-refractivity contribution in [3.05, 3.63) is 10.7 Å². The first-order chi connectivity index (χ1) is 9.31. The highest BCUT2D eigenvalue weighted by atomic mass is 28.3. The van der Waals surface area contributed by atoms with Gasteiger partial charge in [-0.25, -0.2) is 0 Å². The molecule has 3 aliphatic rings. The van der Waals surface area contributed by atoms with Gasteiger partial charge in [0.05, 0.1) is 8.07 Å². The molecule has 0 radical (unpaired) electrons. The molecule has 2 fully saturated rings. The smallest absolute Gasteiger partial charge is 0.105 e. The summed E-state index contributed by atoms with van der Waals surface area (Å²) in [4.78, 5) is 0. The monoisotopic (exact) mass is 288 g/mol. The van der Waals surface area contributed by atoms with Gasteiger partial charge in [-0.1, -0.05) is 95.3 Å². The lowest BCUT2D eigenvalue weighted by atomic mass is 9.24. The van der Waals surface area contributed by atoms with Gasteiger partial charge < -0.3 is 0 Å². The summed E-state index contributed by atoms with van der Waals surface area (Å²) in [6.45, 7) is 13.7. The van der Waals surface area contributed by atoms with E-state index >= 15 is 0 Å². The molecule has 0 spiro atoms. The third kappa shape index (κ3) is 2.47. The van der Waals surface area contributed by atoms with E-state index < -0.39 is 8.07 Å². The molecule has 0 aliphatic carbocycles. The van der Waals surface area contributed by atoms with Crippen molar-refractivity contribution in [3.63, 3.8) is 0 Å². The van der Waals surface area contributed by atoms with E-state index in [4.69, 9.17) is 0 Å². The molecule has 3 aliphatic heterocycles. The highest BCUT2D eigenvalue weighted by molar-refractivity contribution is 6.88. The van der Waals surface area contributed by atoms with Crippen molar-refractivity contribution < 1.29 is 0 Å². The minimum atomic E-state index is -1.12. The van der Waals surface area contributed by atoms with Crippen LogP contribution < -0.4 is 0 Å². The molecular formula is C18H33BSi. The predicted molar refractivity (Wildman–Crippen MR) is 94.3 cm³/mol. The standard InChI is InChI=1S/C18H33BSi/c1-18(2,3)17-16(12-13-20(17,4)5)19-14-8-6-9-15(19)11-7-10-14/h14-15H,6-13H2,1-5H3. The van der Waals surface area contributed by atoms with Crippen LogP contribution in [0.3, 0.4) is 0 Å². The topological polar surface area (TPSA) is 0 Å². The SMILES string of the molecule is CC(C)(C)C1=C(B2C3CCCC2CCC3)CC[Si]1(C)C. The molecule has 2 heteroatoms. The molecule has 2 bridgehead atoms. The van der Waals surface area contributed by atoms with Gasteiger partial charge in [-0.05, 0) is 11.8 Å². The van der Waals surface area contributed by atoms with E-state index in [2.05, 4.69) is 33.9 Å². The minimum Gasteiger partial charge on any atom is -0.105 e. The Kier molecular flexibility index (Phi) is 3.76. The molecule has 0 aromatic rings. The summed E-state index contributed by atoms with van der Waals surface area (Å²) in [5.41, 5.74) is 2.41. The first-order valence-electron chi connectivity index (χ1n) is 9.05. The zero-order chi connectivity index (χ0) is 14.5. The van der Waals surface area contributed by atoms with E-state index in [9.17, 15) is 0 Å². The van der Waals surface area contributed by atoms with Crippen molar-refractivity contribution in [2.75, 3.05) is 0 Å². The molecule has 0 aromatic heterocycles. The average Bonchev–Trinajstić information content (AvgIpc) is 2.63. The maximum Gasteiger partial charge on any atom is 0.176 e. The second-order valence-corrected chi connectivity index (χ2v) is 14.2. The molecule has 0 unspecified atom stereocenters. The maximum atomic E-state index is 2.64. The van der Waals surface area contributed by atoms with Crippen LogP contribution in [0.1, 0.15) is 65.7 Å². The number of fused-ring (bicyclic) bond motifs is 2. The zero-order valence-corrected chi connectivity index (χ0v) is 15.4. The number of rotatable bonds is 1. The number of allylic oxidation sites excluding steroid dienone is 2. The quantitative estimate of drug-likeness (QED) is 0.510. The van der Waals surface area contributed by atoms with Gasteiger partial charge in [0.25, 0.3) is 0 Å². The molecule has 0 atom stereocenters. The van der Waals surface area contributed by atoms with Gasteiger partial charge in [0, 0.05) is 0 Å². The van der Waals surface area contributed by atoms with E-state index in [1.54, 1.807) is 0 Å². The minimum absolute atomic E-state index is 0.424. The molecule has 0 nitrogen and oxygen atoms in total. The van der Waals surface area contributed by atoms with Gasteiger partial charge in [0.15, 0.2) is 6.71 Å². The van der Waals surface area contributed by atoms with Gasteiger partial charge >= 0.3 is 0 Å². The fourth-order valence-corrected chi connectivity index (χ4v) is 10.5. The van der Waals surface area contributed by atoms with Gasteiger partial charge in [-0.2, -0.15) is 0 Å². The fraction of sp³-hybridized carbons (Fsp3) is 0.889. The summed E-state index contributed by atoms with van der Waals surface area (Å²) in [6.07, 6.45) is 10.6. The van der Waals surface area contributed by atoms with Gasteiger partial charge in [-0.3, -0.25) is 0 Å². The summed E-state index contributed by atoms with van der Waals surface area (Å²) in [7, 11) is -1.12. The molecule has 20 heavy (non-hydrogen) atoms. The van der Waals surface area contributed by atoms with Crippen LogP contribution in [-0.4, -0.2) is 14.8 Å². The Morgan fingerprint density at radius 2 is 1.45 bits per heavy atom. The Balaban J connectivity index is 2.02. The summed E-state index contributed by atoms with van der Waals surface area (Å²) in [5, 5.41) is 1.98. The van der Waals surface area contributed by atoms with Crippen molar-refractivity contribution >= 4 is 14.8 Å². The van der Waals surface area contributed by atoms with Crippen molar-refractivity contribution in [2.45, 2.75) is 96.5 Å². The molecule has 112 valence electrons. The molecule has 2 saturated heterocycles. The molecule has 3 heterocycles. The normalized spacial score (nSPS) is 33.8. The van der Waals surface area contributed by atoms with Crippen LogP contribution >= 0.6 is 0 Å². The van der Waals surface area contributed by atoms with E-state index in [1.165, 1.54) is 51.0 Å². The summed E-state index contributed by atoms with van der Waals surface area (Å²) in [6, 6.07) is 1.53. The van der Waals surface area contributed by atoms with Crippen molar-refractivity contribution in [1.29, 1.82) is 0 Å². The van der Waals surface area contributed by atoms with Crippen molar-refractivity contribution in [2.24, 2.45) is 5.41 Å². The average molecular weight is 288 g/mol. The molecule has 0 amide bonds. The Morgan fingerprint density at radius 1 is 0.950 bits per heavy atom. The van der Waals surface area contributed by atoms with Crippen molar-refractivity contribution in [1.82, 2.24) is 0 Å². The van der Waals surface area contributed by atoms with Gasteiger partial charge in [-0.15, -0.1) is 5.47 Å². The summed E-state index contributed by atoms with van der Waals surface area (Å²) < 4.78 is 0. The zero-order valence-electron chi connectivity index (χ0n) is 14.4. The second-order valence-electron chi connectivity index (χ2n) is 9.44. The van der Waals surface area contributed by atoms with Crippen LogP contribution in [0.5, 0.6) is 0 Å². The lowest BCUT2D eigenvalue weighted by Gasteiger charge is -2.43. The summed E-state index contributed by atoms with van der Waals surface area (Å²) in [5.74, 6) is 2.11. The molecule has 0 aromatic carbocycles. The van der Waals surface area contributed by atoms with Crippen LogP contribution in [0.15, 0.2) is 10.7 Å². The van der Waals surface area contributed by atoms with Crippen LogP contribution in [0.25, 0.3) is 0 Å². The highest BCUT2D eigenvalue weighted by Gasteiger charge is 2.48. The Morgan fingerprint density at radius 3 is 1.90 bits per heavy atom.